The van der Waals surface area contributed by atoms with Gasteiger partial charge in [0.25, 0.3) is 0 Å². The van der Waals surface area contributed by atoms with Crippen molar-refractivity contribution < 1.29 is 0 Å². The van der Waals surface area contributed by atoms with E-state index in [1.54, 1.807) is 0 Å². The first-order valence-electron chi connectivity index (χ1n) is 5.49. The van der Waals surface area contributed by atoms with Gasteiger partial charge < -0.3 is 0 Å². The van der Waals surface area contributed by atoms with Gasteiger partial charge in [-0.2, -0.15) is 0 Å². The van der Waals surface area contributed by atoms with Crippen LogP contribution in [0.1, 0.15) is 22.7 Å². The molecule has 1 atom stereocenters. The minimum Gasteiger partial charge on any atom is -0.271 e. The van der Waals surface area contributed by atoms with Crippen LogP contribution in [0.2, 0.25) is 0 Å². The van der Waals surface area contributed by atoms with Crippen molar-refractivity contribution in [2.75, 3.05) is 0 Å². The third kappa shape index (κ3) is 2.94. The van der Waals surface area contributed by atoms with E-state index >= 15 is 0 Å². The summed E-state index contributed by atoms with van der Waals surface area (Å²) in [7, 11) is 0. The van der Waals surface area contributed by atoms with Crippen molar-refractivity contribution in [2.24, 2.45) is 5.84 Å². The van der Waals surface area contributed by atoms with Crippen molar-refractivity contribution >= 4 is 15.9 Å². The number of hydrazine groups is 1. The number of halogens is 1. The van der Waals surface area contributed by atoms with E-state index in [2.05, 4.69) is 58.6 Å². The normalized spacial score (nSPS) is 12.4. The van der Waals surface area contributed by atoms with Crippen LogP contribution in [0.5, 0.6) is 0 Å². The number of nitrogens with one attached hydrogen (secondary N) is 1. The van der Waals surface area contributed by atoms with Gasteiger partial charge in [-0.1, -0.05) is 57.9 Å². The molecule has 2 rings (SSSR count). The standard InChI is InChI=1S/C14H15BrN2/c1-10-4-2-5-11(8-10)14(17-16)12-6-3-7-13(15)9-12/h2-9,14,17H,16H2,1H3. The molecule has 0 aromatic heterocycles. The van der Waals surface area contributed by atoms with Crippen molar-refractivity contribution in [2.45, 2.75) is 13.0 Å². The largest absolute Gasteiger partial charge is 0.271 e. The first-order valence-corrected chi connectivity index (χ1v) is 6.28. The maximum absolute atomic E-state index is 5.67. The molecule has 1 unspecified atom stereocenters. The fourth-order valence-electron chi connectivity index (χ4n) is 1.92. The minimum absolute atomic E-state index is 0.0207. The van der Waals surface area contributed by atoms with E-state index in [4.69, 9.17) is 5.84 Å². The Hall–Kier alpha value is -1.16. The van der Waals surface area contributed by atoms with Crippen LogP contribution >= 0.6 is 15.9 Å². The zero-order chi connectivity index (χ0) is 12.3. The van der Waals surface area contributed by atoms with Crippen molar-refractivity contribution in [1.82, 2.24) is 5.43 Å². The van der Waals surface area contributed by atoms with Gasteiger partial charge in [-0.15, -0.1) is 0 Å². The van der Waals surface area contributed by atoms with Gasteiger partial charge in [0.1, 0.15) is 0 Å². The van der Waals surface area contributed by atoms with Gasteiger partial charge in [-0.05, 0) is 30.2 Å². The third-order valence-electron chi connectivity index (χ3n) is 2.72. The summed E-state index contributed by atoms with van der Waals surface area (Å²) >= 11 is 3.48. The number of nitrogens with two attached hydrogens (primary N) is 1. The van der Waals surface area contributed by atoms with Crippen LogP contribution in [-0.4, -0.2) is 0 Å². The van der Waals surface area contributed by atoms with Crippen LogP contribution in [0.15, 0.2) is 53.0 Å². The molecule has 0 amide bonds. The lowest BCUT2D eigenvalue weighted by Gasteiger charge is -2.17. The Labute approximate surface area is 110 Å². The van der Waals surface area contributed by atoms with E-state index in [1.807, 2.05) is 18.2 Å². The molecule has 0 saturated heterocycles. The average molecular weight is 291 g/mol. The van der Waals surface area contributed by atoms with E-state index in [-0.39, 0.29) is 6.04 Å². The predicted octanol–water partition coefficient (Wildman–Crippen LogP) is 3.31. The van der Waals surface area contributed by atoms with Crippen LogP contribution in [0.3, 0.4) is 0 Å². The molecule has 2 aromatic carbocycles. The number of aryl methyl sites for hydroxylation is 1. The first-order chi connectivity index (χ1) is 8.20. The SMILES string of the molecule is Cc1cccc(C(NN)c2cccc(Br)c2)c1. The highest BCUT2D eigenvalue weighted by molar-refractivity contribution is 9.10. The molecule has 0 spiro atoms. The molecular formula is C14H15BrN2. The molecule has 0 saturated carbocycles. The lowest BCUT2D eigenvalue weighted by atomic mass is 9.98. The molecule has 2 nitrogen and oxygen atoms in total. The summed E-state index contributed by atoms with van der Waals surface area (Å²) in [6.45, 7) is 2.08. The summed E-state index contributed by atoms with van der Waals surface area (Å²) in [6, 6.07) is 16.5. The lowest BCUT2D eigenvalue weighted by Crippen LogP contribution is -2.28. The van der Waals surface area contributed by atoms with Crippen molar-refractivity contribution in [3.05, 3.63) is 69.7 Å². The number of hydrogen-bond acceptors (Lipinski definition) is 2. The van der Waals surface area contributed by atoms with E-state index in [9.17, 15) is 0 Å². The number of hydrogen-bond donors (Lipinski definition) is 2. The van der Waals surface area contributed by atoms with Crippen LogP contribution in [0.25, 0.3) is 0 Å². The summed E-state index contributed by atoms with van der Waals surface area (Å²) in [5, 5.41) is 0. The van der Waals surface area contributed by atoms with Crippen LogP contribution in [-0.2, 0) is 0 Å². The molecule has 88 valence electrons. The van der Waals surface area contributed by atoms with Crippen molar-refractivity contribution in [1.29, 1.82) is 0 Å². The molecule has 0 aliphatic carbocycles. The average Bonchev–Trinajstić information content (AvgIpc) is 2.30. The zero-order valence-electron chi connectivity index (χ0n) is 9.65. The molecule has 0 heterocycles. The molecule has 0 aliphatic heterocycles. The fourth-order valence-corrected chi connectivity index (χ4v) is 2.34. The molecule has 3 heteroatoms. The van der Waals surface area contributed by atoms with E-state index < -0.39 is 0 Å². The van der Waals surface area contributed by atoms with Gasteiger partial charge in [-0.3, -0.25) is 5.84 Å². The topological polar surface area (TPSA) is 38.0 Å². The molecule has 0 fully saturated rings. The van der Waals surface area contributed by atoms with Crippen LogP contribution < -0.4 is 11.3 Å². The minimum atomic E-state index is 0.0207. The van der Waals surface area contributed by atoms with Crippen molar-refractivity contribution in [3.8, 4) is 0 Å². The van der Waals surface area contributed by atoms with E-state index in [0.717, 1.165) is 10.0 Å². The monoisotopic (exact) mass is 290 g/mol. The molecule has 0 aliphatic rings. The Morgan fingerprint density at radius 2 is 1.71 bits per heavy atom. The Morgan fingerprint density at radius 1 is 1.06 bits per heavy atom. The van der Waals surface area contributed by atoms with Crippen molar-refractivity contribution in [3.63, 3.8) is 0 Å². The summed E-state index contributed by atoms with van der Waals surface area (Å²) in [6.07, 6.45) is 0. The van der Waals surface area contributed by atoms with E-state index in [1.165, 1.54) is 11.1 Å². The summed E-state index contributed by atoms with van der Waals surface area (Å²) in [5.41, 5.74) is 6.42. The van der Waals surface area contributed by atoms with E-state index in [0.29, 0.717) is 0 Å². The molecule has 2 aromatic rings. The van der Waals surface area contributed by atoms with Gasteiger partial charge in [0.2, 0.25) is 0 Å². The van der Waals surface area contributed by atoms with Crippen LogP contribution in [0, 0.1) is 6.92 Å². The van der Waals surface area contributed by atoms with Gasteiger partial charge in [0.05, 0.1) is 6.04 Å². The van der Waals surface area contributed by atoms with Gasteiger partial charge >= 0.3 is 0 Å². The fraction of sp³-hybridized carbons (Fsp3) is 0.143. The van der Waals surface area contributed by atoms with Gasteiger partial charge in [0, 0.05) is 4.47 Å². The van der Waals surface area contributed by atoms with Gasteiger partial charge in [-0.25, -0.2) is 5.43 Å². The Morgan fingerprint density at radius 3 is 2.29 bits per heavy atom. The smallest absolute Gasteiger partial charge is 0.0710 e. The molecule has 17 heavy (non-hydrogen) atoms. The van der Waals surface area contributed by atoms with Gasteiger partial charge in [0.15, 0.2) is 0 Å². The Balaban J connectivity index is 2.40. The van der Waals surface area contributed by atoms with Crippen LogP contribution in [0.4, 0.5) is 0 Å². The highest BCUT2D eigenvalue weighted by atomic mass is 79.9. The maximum Gasteiger partial charge on any atom is 0.0710 e. The second-order valence-corrected chi connectivity index (χ2v) is 4.98. The molecular weight excluding hydrogens is 276 g/mol. The highest BCUT2D eigenvalue weighted by Crippen LogP contribution is 2.24. The lowest BCUT2D eigenvalue weighted by molar-refractivity contribution is 0.636. The summed E-state index contributed by atoms with van der Waals surface area (Å²) < 4.78 is 1.06. The summed E-state index contributed by atoms with van der Waals surface area (Å²) in [5.74, 6) is 5.67. The molecule has 0 radical (unpaired) electrons. The quantitative estimate of drug-likeness (QED) is 0.672. The Bertz CT molecular complexity index is 466. The number of rotatable bonds is 3. The zero-order valence-corrected chi connectivity index (χ0v) is 11.2. The first kappa shape index (κ1) is 12.3. The second kappa shape index (κ2) is 5.45. The Kier molecular flexibility index (Phi) is 3.94. The second-order valence-electron chi connectivity index (χ2n) is 4.07. The third-order valence-corrected chi connectivity index (χ3v) is 3.22. The maximum atomic E-state index is 5.67. The molecule has 3 N–H and O–H groups in total. The predicted molar refractivity (Wildman–Crippen MR) is 74.5 cm³/mol. The summed E-state index contributed by atoms with van der Waals surface area (Å²) in [4.78, 5) is 0. The number of benzene rings is 2. The highest BCUT2D eigenvalue weighted by Gasteiger charge is 2.12. The molecule has 0 bridgehead atoms.